The van der Waals surface area contributed by atoms with Gasteiger partial charge in [-0.2, -0.15) is 0 Å². The standard InChI is InChI=1S/C12H13N.C2H6/c1-4-10-9(2)13(3)12-8-6-5-7-11(10)12;1-2/h4-8H,1H2,2-3H3;1-2H3. The van der Waals surface area contributed by atoms with E-state index in [1.165, 1.54) is 22.2 Å². The van der Waals surface area contributed by atoms with E-state index < -0.39 is 0 Å². The van der Waals surface area contributed by atoms with Crippen LogP contribution in [0.1, 0.15) is 25.1 Å². The lowest BCUT2D eigenvalue weighted by molar-refractivity contribution is 0.916. The third-order valence-electron chi connectivity index (χ3n) is 2.65. The first kappa shape index (κ1) is 11.6. The number of hydrogen-bond acceptors (Lipinski definition) is 0. The lowest BCUT2D eigenvalue weighted by atomic mass is 10.1. The molecule has 0 unspecified atom stereocenters. The van der Waals surface area contributed by atoms with Gasteiger partial charge in [0.15, 0.2) is 0 Å². The predicted octanol–water partition coefficient (Wildman–Crippen LogP) is 4.16. The van der Waals surface area contributed by atoms with Gasteiger partial charge in [0.1, 0.15) is 0 Å². The molecule has 0 atom stereocenters. The fourth-order valence-corrected chi connectivity index (χ4v) is 1.81. The van der Waals surface area contributed by atoms with Gasteiger partial charge >= 0.3 is 0 Å². The maximum atomic E-state index is 3.84. The van der Waals surface area contributed by atoms with Crippen molar-refractivity contribution in [3.8, 4) is 0 Å². The molecule has 1 aromatic heterocycles. The smallest absolute Gasteiger partial charge is 0.0486 e. The highest BCUT2D eigenvalue weighted by molar-refractivity contribution is 5.90. The molecular weight excluding hydrogens is 182 g/mol. The summed E-state index contributed by atoms with van der Waals surface area (Å²) in [5.41, 5.74) is 3.80. The van der Waals surface area contributed by atoms with Crippen LogP contribution in [0.5, 0.6) is 0 Å². The van der Waals surface area contributed by atoms with Crippen LogP contribution in [0.2, 0.25) is 0 Å². The third kappa shape index (κ3) is 1.82. The maximum Gasteiger partial charge on any atom is 0.0486 e. The first-order chi connectivity index (χ1) is 7.25. The molecule has 80 valence electrons. The van der Waals surface area contributed by atoms with Crippen molar-refractivity contribution < 1.29 is 0 Å². The van der Waals surface area contributed by atoms with Gasteiger partial charge in [0.25, 0.3) is 0 Å². The Hall–Kier alpha value is -1.50. The number of aryl methyl sites for hydroxylation is 1. The van der Waals surface area contributed by atoms with Gasteiger partial charge in [0.2, 0.25) is 0 Å². The van der Waals surface area contributed by atoms with E-state index in [4.69, 9.17) is 0 Å². The lowest BCUT2D eigenvalue weighted by Gasteiger charge is -1.96. The van der Waals surface area contributed by atoms with E-state index in [0.29, 0.717) is 0 Å². The Morgan fingerprint density at radius 2 is 1.80 bits per heavy atom. The van der Waals surface area contributed by atoms with Crippen LogP contribution in [0, 0.1) is 6.92 Å². The Kier molecular flexibility index (Phi) is 3.73. The van der Waals surface area contributed by atoms with Crippen LogP contribution in [0.4, 0.5) is 0 Å². The highest BCUT2D eigenvalue weighted by Crippen LogP contribution is 2.24. The van der Waals surface area contributed by atoms with Crippen LogP contribution in [-0.2, 0) is 7.05 Å². The van der Waals surface area contributed by atoms with E-state index in [-0.39, 0.29) is 0 Å². The number of benzene rings is 1. The molecule has 0 aliphatic heterocycles. The van der Waals surface area contributed by atoms with Gasteiger partial charge in [-0.1, -0.05) is 44.7 Å². The first-order valence-electron chi connectivity index (χ1n) is 5.42. The molecule has 2 aromatic rings. The van der Waals surface area contributed by atoms with Gasteiger partial charge in [0.05, 0.1) is 0 Å². The van der Waals surface area contributed by atoms with Crippen molar-refractivity contribution in [2.45, 2.75) is 20.8 Å². The van der Waals surface area contributed by atoms with Gasteiger partial charge in [0, 0.05) is 29.2 Å². The van der Waals surface area contributed by atoms with Crippen LogP contribution >= 0.6 is 0 Å². The summed E-state index contributed by atoms with van der Waals surface area (Å²) in [6, 6.07) is 8.40. The summed E-state index contributed by atoms with van der Waals surface area (Å²) < 4.78 is 2.20. The van der Waals surface area contributed by atoms with Gasteiger partial charge in [-0.3, -0.25) is 0 Å². The fraction of sp³-hybridized carbons (Fsp3) is 0.286. The van der Waals surface area contributed by atoms with Gasteiger partial charge in [-0.05, 0) is 13.0 Å². The molecule has 15 heavy (non-hydrogen) atoms. The zero-order chi connectivity index (χ0) is 11.4. The lowest BCUT2D eigenvalue weighted by Crippen LogP contribution is -1.89. The third-order valence-corrected chi connectivity index (χ3v) is 2.65. The summed E-state index contributed by atoms with van der Waals surface area (Å²) in [5.74, 6) is 0. The van der Waals surface area contributed by atoms with Crippen molar-refractivity contribution >= 4 is 17.0 Å². The second-order valence-corrected chi connectivity index (χ2v) is 3.28. The summed E-state index contributed by atoms with van der Waals surface area (Å²) in [6.07, 6.45) is 1.93. The Bertz CT molecular complexity index is 463. The minimum absolute atomic E-state index is 1.25. The number of rotatable bonds is 1. The molecule has 0 fully saturated rings. The van der Waals surface area contributed by atoms with Gasteiger partial charge < -0.3 is 4.57 Å². The quantitative estimate of drug-likeness (QED) is 0.653. The zero-order valence-corrected chi connectivity index (χ0v) is 10.0. The van der Waals surface area contributed by atoms with Gasteiger partial charge in [-0.25, -0.2) is 0 Å². The van der Waals surface area contributed by atoms with Crippen LogP contribution in [-0.4, -0.2) is 4.57 Å². The average Bonchev–Trinajstić information content (AvgIpc) is 2.55. The van der Waals surface area contributed by atoms with E-state index in [0.717, 1.165) is 0 Å². The normalized spacial score (nSPS) is 9.60. The topological polar surface area (TPSA) is 4.93 Å². The summed E-state index contributed by atoms with van der Waals surface area (Å²) in [7, 11) is 2.09. The Morgan fingerprint density at radius 1 is 1.20 bits per heavy atom. The van der Waals surface area contributed by atoms with E-state index in [9.17, 15) is 0 Å². The summed E-state index contributed by atoms with van der Waals surface area (Å²) >= 11 is 0. The van der Waals surface area contributed by atoms with Crippen molar-refractivity contribution in [3.05, 3.63) is 42.1 Å². The first-order valence-corrected chi connectivity index (χ1v) is 5.42. The molecule has 2 rings (SSSR count). The second kappa shape index (κ2) is 4.83. The number of hydrogen-bond donors (Lipinski definition) is 0. The maximum absolute atomic E-state index is 3.84. The van der Waals surface area contributed by atoms with Gasteiger partial charge in [-0.15, -0.1) is 0 Å². The number of aromatic nitrogens is 1. The molecule has 0 saturated carbocycles. The van der Waals surface area contributed by atoms with E-state index in [1.54, 1.807) is 0 Å². The Balaban J connectivity index is 0.000000531. The molecule has 0 aliphatic carbocycles. The van der Waals surface area contributed by atoms with Crippen molar-refractivity contribution in [1.29, 1.82) is 0 Å². The van der Waals surface area contributed by atoms with Crippen LogP contribution in [0.3, 0.4) is 0 Å². The number of fused-ring (bicyclic) bond motifs is 1. The fourth-order valence-electron chi connectivity index (χ4n) is 1.81. The molecule has 1 heterocycles. The highest BCUT2D eigenvalue weighted by Gasteiger charge is 2.07. The molecule has 0 bridgehead atoms. The molecule has 0 saturated heterocycles. The summed E-state index contributed by atoms with van der Waals surface area (Å²) in [6.45, 7) is 9.96. The molecule has 1 heteroatoms. The molecule has 0 aliphatic rings. The molecule has 1 nitrogen and oxygen atoms in total. The minimum atomic E-state index is 1.25. The molecule has 0 radical (unpaired) electrons. The summed E-state index contributed by atoms with van der Waals surface area (Å²) in [4.78, 5) is 0. The van der Waals surface area contributed by atoms with Crippen LogP contribution in [0.25, 0.3) is 17.0 Å². The molecule has 1 aromatic carbocycles. The van der Waals surface area contributed by atoms with Crippen LogP contribution < -0.4 is 0 Å². The number of nitrogens with zero attached hydrogens (tertiary/aromatic N) is 1. The average molecular weight is 201 g/mol. The van der Waals surface area contributed by atoms with E-state index in [1.807, 2.05) is 19.9 Å². The van der Waals surface area contributed by atoms with E-state index in [2.05, 4.69) is 49.4 Å². The van der Waals surface area contributed by atoms with Crippen molar-refractivity contribution in [2.24, 2.45) is 7.05 Å². The minimum Gasteiger partial charge on any atom is -0.347 e. The monoisotopic (exact) mass is 201 g/mol. The molecule has 0 amide bonds. The largest absolute Gasteiger partial charge is 0.347 e. The molecule has 0 N–H and O–H groups in total. The predicted molar refractivity (Wildman–Crippen MR) is 69.1 cm³/mol. The molecule has 0 spiro atoms. The SMILES string of the molecule is C=Cc1c(C)n(C)c2ccccc12.CC. The Morgan fingerprint density at radius 3 is 2.40 bits per heavy atom. The van der Waals surface area contributed by atoms with Crippen molar-refractivity contribution in [1.82, 2.24) is 4.57 Å². The molecular formula is C14H19N. The van der Waals surface area contributed by atoms with Crippen molar-refractivity contribution in [2.75, 3.05) is 0 Å². The Labute approximate surface area is 92.0 Å². The van der Waals surface area contributed by atoms with Crippen molar-refractivity contribution in [3.63, 3.8) is 0 Å². The zero-order valence-electron chi connectivity index (χ0n) is 10.0. The second-order valence-electron chi connectivity index (χ2n) is 3.28. The highest BCUT2D eigenvalue weighted by atomic mass is 14.9. The van der Waals surface area contributed by atoms with E-state index >= 15 is 0 Å². The number of para-hydroxylation sites is 1. The summed E-state index contributed by atoms with van der Waals surface area (Å²) in [5, 5.41) is 1.29. The van der Waals surface area contributed by atoms with Crippen LogP contribution in [0.15, 0.2) is 30.8 Å².